The Morgan fingerprint density at radius 3 is 2.20 bits per heavy atom. The molecule has 0 unspecified atom stereocenters. The minimum Gasteiger partial charge on any atom is -0.238 e. The van der Waals surface area contributed by atoms with E-state index in [1.165, 1.54) is 11.3 Å². The van der Waals surface area contributed by atoms with E-state index in [0.717, 1.165) is 10.2 Å². The summed E-state index contributed by atoms with van der Waals surface area (Å²) in [5.74, 6) is 0. The summed E-state index contributed by atoms with van der Waals surface area (Å²) in [4.78, 5) is 4.30. The molecule has 0 aliphatic heterocycles. The Labute approximate surface area is 92.6 Å². The van der Waals surface area contributed by atoms with Crippen molar-refractivity contribution in [3.05, 3.63) is 14.9 Å². The minimum absolute atomic E-state index is 0.0559. The van der Waals surface area contributed by atoms with E-state index in [0.29, 0.717) is 4.66 Å². The van der Waals surface area contributed by atoms with E-state index in [1.807, 2.05) is 32.9 Å². The van der Waals surface area contributed by atoms with Crippen LogP contribution < -0.4 is 9.20 Å². The minimum atomic E-state index is -0.109. The second-order valence-electron chi connectivity index (χ2n) is 4.14. The van der Waals surface area contributed by atoms with Crippen molar-refractivity contribution in [2.24, 2.45) is 0 Å². The van der Waals surface area contributed by atoms with Crippen LogP contribution in [0.1, 0.15) is 26.5 Å². The van der Waals surface area contributed by atoms with Crippen LogP contribution in [-0.4, -0.2) is 4.98 Å². The van der Waals surface area contributed by atoms with E-state index < -0.39 is 0 Å². The maximum atomic E-state index is 8.72. The van der Waals surface area contributed by atoms with Crippen LogP contribution in [0.3, 0.4) is 0 Å². The molecule has 0 bridgehead atoms. The predicted octanol–water partition coefficient (Wildman–Crippen LogP) is 1.05. The first-order chi connectivity index (χ1) is 6.90. The van der Waals surface area contributed by atoms with Gasteiger partial charge in [-0.2, -0.15) is 10.5 Å². The molecule has 1 heterocycles. The maximum Gasteiger partial charge on any atom is 0.165 e. The zero-order valence-corrected chi connectivity index (χ0v) is 9.77. The number of aromatic nitrogens is 1. The van der Waals surface area contributed by atoms with Crippen molar-refractivity contribution < 1.29 is 0 Å². The van der Waals surface area contributed by atoms with Crippen molar-refractivity contribution in [3.63, 3.8) is 0 Å². The third-order valence-corrected chi connectivity index (χ3v) is 2.77. The van der Waals surface area contributed by atoms with Crippen LogP contribution in [0.4, 0.5) is 0 Å². The first-order valence-corrected chi connectivity index (χ1v) is 5.22. The number of hydrogen-bond donors (Lipinski definition) is 0. The molecule has 0 aliphatic rings. The molecule has 0 saturated heterocycles. The standard InChI is InChI=1S/C11H11N3S/c1-7-9(11(2,3)4)14-10(15-7)8(5-12)6-13/h1H2,2-4H3. The first kappa shape index (κ1) is 11.4. The molecule has 0 aromatic carbocycles. The molecule has 1 rings (SSSR count). The number of rotatable bonds is 0. The fraction of sp³-hybridized carbons (Fsp3) is 0.364. The summed E-state index contributed by atoms with van der Waals surface area (Å²) in [7, 11) is 0. The van der Waals surface area contributed by atoms with Crippen molar-refractivity contribution >= 4 is 23.5 Å². The highest BCUT2D eigenvalue weighted by molar-refractivity contribution is 7.07. The largest absolute Gasteiger partial charge is 0.238 e. The lowest BCUT2D eigenvalue weighted by molar-refractivity contribution is 0.568. The maximum absolute atomic E-state index is 8.72. The van der Waals surface area contributed by atoms with Crippen LogP contribution >= 0.6 is 11.3 Å². The summed E-state index contributed by atoms with van der Waals surface area (Å²) in [6, 6.07) is 3.67. The topological polar surface area (TPSA) is 60.5 Å². The van der Waals surface area contributed by atoms with Crippen molar-refractivity contribution in [1.82, 2.24) is 4.98 Å². The molecule has 1 aromatic rings. The summed E-state index contributed by atoms with van der Waals surface area (Å²) in [6.45, 7) is 9.96. The van der Waals surface area contributed by atoms with Gasteiger partial charge in [0.1, 0.15) is 16.8 Å². The van der Waals surface area contributed by atoms with E-state index in [2.05, 4.69) is 11.6 Å². The van der Waals surface area contributed by atoms with Gasteiger partial charge in [0.25, 0.3) is 0 Å². The Balaban J connectivity index is 3.59. The van der Waals surface area contributed by atoms with Crippen molar-refractivity contribution in [2.75, 3.05) is 0 Å². The third kappa shape index (κ3) is 2.23. The summed E-state index contributed by atoms with van der Waals surface area (Å²) in [5.41, 5.74) is 0.799. The first-order valence-electron chi connectivity index (χ1n) is 4.41. The van der Waals surface area contributed by atoms with Gasteiger partial charge in [0.2, 0.25) is 0 Å². The van der Waals surface area contributed by atoms with Crippen LogP contribution in [0.25, 0.3) is 12.2 Å². The quantitative estimate of drug-likeness (QED) is 0.652. The molecule has 0 spiro atoms. The summed E-state index contributed by atoms with van der Waals surface area (Å²) >= 11 is 1.29. The van der Waals surface area contributed by atoms with Crippen molar-refractivity contribution in [3.8, 4) is 12.1 Å². The number of nitrogens with zero attached hydrogens (tertiary/aromatic N) is 3. The lowest BCUT2D eigenvalue weighted by atomic mass is 9.93. The Hall–Kier alpha value is -1.65. The monoisotopic (exact) mass is 217 g/mol. The summed E-state index contributed by atoms with van der Waals surface area (Å²) < 4.78 is 1.29. The van der Waals surface area contributed by atoms with Gasteiger partial charge in [-0.3, -0.25) is 0 Å². The molecule has 15 heavy (non-hydrogen) atoms. The number of nitriles is 2. The Morgan fingerprint density at radius 2 is 1.87 bits per heavy atom. The molecule has 0 N–H and O–H groups in total. The Morgan fingerprint density at radius 1 is 1.33 bits per heavy atom. The van der Waals surface area contributed by atoms with Crippen LogP contribution in [0.2, 0.25) is 0 Å². The SMILES string of the molecule is C=c1sc(=C(C#N)C#N)nc1C(C)(C)C. The van der Waals surface area contributed by atoms with Gasteiger partial charge < -0.3 is 0 Å². The van der Waals surface area contributed by atoms with Crippen LogP contribution in [-0.2, 0) is 5.41 Å². The summed E-state index contributed by atoms with van der Waals surface area (Å²) in [6.07, 6.45) is 0. The zero-order valence-electron chi connectivity index (χ0n) is 8.96. The zero-order chi connectivity index (χ0) is 11.6. The molecule has 4 heteroatoms. The average Bonchev–Trinajstić information content (AvgIpc) is 2.49. The smallest absolute Gasteiger partial charge is 0.165 e. The second kappa shape index (κ2) is 3.84. The molecule has 0 aliphatic carbocycles. The molecule has 3 nitrogen and oxygen atoms in total. The van der Waals surface area contributed by atoms with Crippen LogP contribution in [0.5, 0.6) is 0 Å². The molecular formula is C11H11N3S. The molecule has 1 aromatic heterocycles. The normalized spacial score (nSPS) is 10.5. The number of hydrogen-bond acceptors (Lipinski definition) is 4. The van der Waals surface area contributed by atoms with E-state index >= 15 is 0 Å². The number of thiazole rings is 1. The van der Waals surface area contributed by atoms with Crippen molar-refractivity contribution in [1.29, 1.82) is 10.5 Å². The van der Waals surface area contributed by atoms with Gasteiger partial charge in [-0.05, 0) is 0 Å². The molecule has 0 amide bonds. The van der Waals surface area contributed by atoms with E-state index in [9.17, 15) is 0 Å². The molecule has 76 valence electrons. The van der Waals surface area contributed by atoms with Crippen molar-refractivity contribution in [2.45, 2.75) is 26.2 Å². The fourth-order valence-electron chi connectivity index (χ4n) is 1.17. The highest BCUT2D eigenvalue weighted by Crippen LogP contribution is 2.15. The van der Waals surface area contributed by atoms with Gasteiger partial charge in [-0.1, -0.05) is 27.4 Å². The molecule has 0 fully saturated rings. The molecule has 0 saturated carbocycles. The lowest BCUT2D eigenvalue weighted by Crippen LogP contribution is -2.20. The van der Waals surface area contributed by atoms with Crippen LogP contribution in [0.15, 0.2) is 0 Å². The summed E-state index contributed by atoms with van der Waals surface area (Å²) in [5, 5.41) is 17.4. The van der Waals surface area contributed by atoms with Gasteiger partial charge in [-0.15, -0.1) is 11.3 Å². The van der Waals surface area contributed by atoms with E-state index in [4.69, 9.17) is 10.5 Å². The van der Waals surface area contributed by atoms with Gasteiger partial charge in [-0.25, -0.2) is 4.98 Å². The van der Waals surface area contributed by atoms with E-state index in [1.54, 1.807) is 0 Å². The highest BCUT2D eigenvalue weighted by atomic mass is 32.1. The third-order valence-electron chi connectivity index (χ3n) is 1.85. The van der Waals surface area contributed by atoms with Gasteiger partial charge in [0, 0.05) is 9.95 Å². The van der Waals surface area contributed by atoms with Gasteiger partial charge in [0.05, 0.1) is 5.69 Å². The molecule has 0 atom stereocenters. The van der Waals surface area contributed by atoms with Gasteiger partial charge in [0.15, 0.2) is 5.57 Å². The van der Waals surface area contributed by atoms with E-state index in [-0.39, 0.29) is 11.0 Å². The van der Waals surface area contributed by atoms with Crippen LogP contribution in [0, 0.1) is 22.7 Å². The lowest BCUT2D eigenvalue weighted by Gasteiger charge is -2.14. The predicted molar refractivity (Wildman–Crippen MR) is 60.2 cm³/mol. The highest BCUT2D eigenvalue weighted by Gasteiger charge is 2.18. The average molecular weight is 217 g/mol. The Bertz CT molecular complexity index is 545. The second-order valence-corrected chi connectivity index (χ2v) is 5.22. The fourth-order valence-corrected chi connectivity index (χ4v) is 2.18. The molecule has 0 radical (unpaired) electrons. The van der Waals surface area contributed by atoms with Gasteiger partial charge >= 0.3 is 0 Å². The molecular weight excluding hydrogens is 206 g/mol. The Kier molecular flexibility index (Phi) is 2.93.